The second-order valence-electron chi connectivity index (χ2n) is 9.13. The number of carbonyl (C=O) groups is 3. The molecular weight excluding hydrogens is 549 g/mol. The van der Waals surface area contributed by atoms with E-state index < -0.39 is 23.7 Å². The van der Waals surface area contributed by atoms with Gasteiger partial charge in [-0.1, -0.05) is 6.07 Å². The Kier molecular flexibility index (Phi) is 9.51. The first-order valence-electron chi connectivity index (χ1n) is 12.9. The maximum Gasteiger partial charge on any atom is 0.338 e. The minimum absolute atomic E-state index is 0.178. The topological polar surface area (TPSA) is 97.4 Å². The van der Waals surface area contributed by atoms with E-state index >= 15 is 0 Å². The average Bonchev–Trinajstić information content (AvgIpc) is 3.20. The minimum Gasteiger partial charge on any atom is -0.493 e. The summed E-state index contributed by atoms with van der Waals surface area (Å²) in [6.07, 6.45) is 0.320. The number of methoxy groups -OCH3 is 2. The molecule has 2 amide bonds. The normalized spacial score (nSPS) is 14.7. The third-order valence-corrected chi connectivity index (χ3v) is 6.97. The summed E-state index contributed by atoms with van der Waals surface area (Å²) in [6, 6.07) is 16.4. The Morgan fingerprint density at radius 3 is 2.29 bits per heavy atom. The van der Waals surface area contributed by atoms with Gasteiger partial charge in [0.2, 0.25) is 5.91 Å². The Hall–Kier alpha value is -4.51. The molecule has 1 atom stereocenters. The number of hydrogen-bond donors (Lipinski definition) is 1. The van der Waals surface area contributed by atoms with Crippen molar-refractivity contribution >= 4 is 46.5 Å². The van der Waals surface area contributed by atoms with Crippen LogP contribution >= 0.6 is 12.2 Å². The van der Waals surface area contributed by atoms with Gasteiger partial charge in [-0.15, -0.1) is 0 Å². The highest BCUT2D eigenvalue weighted by molar-refractivity contribution is 7.80. The molecule has 0 bridgehead atoms. The SMILES string of the molecule is CCOC(=O)c1ccc(NC(=O)CC2C(=O)N(c3ccc(F)cc3)C(=S)N2CCc2ccc(OC)c(OC)c2)cc1. The molecule has 1 fully saturated rings. The Bertz CT molecular complexity index is 1430. The summed E-state index contributed by atoms with van der Waals surface area (Å²) in [4.78, 5) is 41.6. The Morgan fingerprint density at radius 1 is 0.976 bits per heavy atom. The predicted octanol–water partition coefficient (Wildman–Crippen LogP) is 4.59. The summed E-state index contributed by atoms with van der Waals surface area (Å²) in [5, 5.41) is 3.00. The number of rotatable bonds is 11. The van der Waals surface area contributed by atoms with E-state index in [0.29, 0.717) is 41.4 Å². The first-order valence-corrected chi connectivity index (χ1v) is 13.3. The van der Waals surface area contributed by atoms with E-state index in [9.17, 15) is 18.8 Å². The van der Waals surface area contributed by atoms with Crippen LogP contribution in [-0.2, 0) is 20.7 Å². The standard InChI is InChI=1S/C30H30FN3O6S/c1-4-40-29(37)20-6-10-22(11-7-20)32-27(35)18-24-28(36)34(23-12-8-21(31)9-13-23)30(41)33(24)16-15-19-5-14-25(38-2)26(17-19)39-3/h5-14,17,24H,4,15-16,18H2,1-3H3,(H,32,35). The number of halogens is 1. The van der Waals surface area contributed by atoms with E-state index in [1.54, 1.807) is 56.4 Å². The van der Waals surface area contributed by atoms with Gasteiger partial charge in [-0.05, 0) is 91.8 Å². The van der Waals surface area contributed by atoms with Crippen molar-refractivity contribution in [3.05, 3.63) is 83.7 Å². The van der Waals surface area contributed by atoms with Crippen molar-refractivity contribution in [1.82, 2.24) is 4.90 Å². The summed E-state index contributed by atoms with van der Waals surface area (Å²) in [6.45, 7) is 2.31. The van der Waals surface area contributed by atoms with Crippen molar-refractivity contribution in [3.63, 3.8) is 0 Å². The van der Waals surface area contributed by atoms with Crippen molar-refractivity contribution < 1.29 is 33.0 Å². The summed E-state index contributed by atoms with van der Waals surface area (Å²) in [5.74, 6) is -0.532. The molecule has 3 aromatic carbocycles. The van der Waals surface area contributed by atoms with Crippen LogP contribution in [0.4, 0.5) is 15.8 Å². The Morgan fingerprint density at radius 2 is 1.66 bits per heavy atom. The Balaban J connectivity index is 1.53. The lowest BCUT2D eigenvalue weighted by Crippen LogP contribution is -2.39. The molecule has 0 spiro atoms. The van der Waals surface area contributed by atoms with Gasteiger partial charge < -0.3 is 24.4 Å². The van der Waals surface area contributed by atoms with Crippen molar-refractivity contribution in [2.45, 2.75) is 25.8 Å². The van der Waals surface area contributed by atoms with Gasteiger partial charge in [-0.25, -0.2) is 9.18 Å². The number of anilines is 2. The molecule has 1 unspecified atom stereocenters. The van der Waals surface area contributed by atoms with Crippen LogP contribution in [-0.4, -0.2) is 61.2 Å². The van der Waals surface area contributed by atoms with Gasteiger partial charge >= 0.3 is 5.97 Å². The quantitative estimate of drug-likeness (QED) is 0.260. The number of carbonyl (C=O) groups excluding carboxylic acids is 3. The number of esters is 1. The van der Waals surface area contributed by atoms with Gasteiger partial charge in [0.1, 0.15) is 11.9 Å². The number of hydrogen-bond acceptors (Lipinski definition) is 7. The zero-order valence-electron chi connectivity index (χ0n) is 22.9. The fourth-order valence-corrected chi connectivity index (χ4v) is 4.91. The zero-order valence-corrected chi connectivity index (χ0v) is 23.7. The second-order valence-corrected chi connectivity index (χ2v) is 9.50. The molecule has 0 aromatic heterocycles. The maximum atomic E-state index is 13.6. The van der Waals surface area contributed by atoms with Gasteiger partial charge in [0.25, 0.3) is 5.91 Å². The average molecular weight is 580 g/mol. The third kappa shape index (κ3) is 6.80. The van der Waals surface area contributed by atoms with Crippen LogP contribution in [0.3, 0.4) is 0 Å². The molecule has 1 heterocycles. The Labute approximate surface area is 242 Å². The van der Waals surface area contributed by atoms with Crippen molar-refractivity contribution in [2.75, 3.05) is 37.6 Å². The molecule has 1 aliphatic heterocycles. The van der Waals surface area contributed by atoms with Gasteiger partial charge in [0, 0.05) is 12.2 Å². The van der Waals surface area contributed by atoms with Crippen molar-refractivity contribution in [3.8, 4) is 11.5 Å². The number of ether oxygens (including phenoxy) is 3. The van der Waals surface area contributed by atoms with E-state index in [1.807, 2.05) is 12.1 Å². The number of amides is 2. The summed E-state index contributed by atoms with van der Waals surface area (Å²) >= 11 is 5.69. The number of benzene rings is 3. The summed E-state index contributed by atoms with van der Waals surface area (Å²) in [7, 11) is 3.11. The van der Waals surface area contributed by atoms with Gasteiger partial charge in [0.05, 0.1) is 38.5 Å². The minimum atomic E-state index is -0.883. The van der Waals surface area contributed by atoms with Crippen LogP contribution in [0.15, 0.2) is 66.7 Å². The largest absolute Gasteiger partial charge is 0.493 e. The van der Waals surface area contributed by atoms with Crippen LogP contribution in [0.5, 0.6) is 11.5 Å². The summed E-state index contributed by atoms with van der Waals surface area (Å²) in [5.41, 5.74) is 2.15. The molecule has 9 nitrogen and oxygen atoms in total. The van der Waals surface area contributed by atoms with E-state index in [-0.39, 0.29) is 24.0 Å². The molecule has 0 aliphatic carbocycles. The molecule has 3 aromatic rings. The molecule has 11 heteroatoms. The maximum absolute atomic E-state index is 13.6. The van der Waals surface area contributed by atoms with E-state index in [0.717, 1.165) is 5.56 Å². The number of thiocarbonyl (C=S) groups is 1. The van der Waals surface area contributed by atoms with Crippen molar-refractivity contribution in [1.29, 1.82) is 0 Å². The van der Waals surface area contributed by atoms with Gasteiger partial charge in [0.15, 0.2) is 16.6 Å². The van der Waals surface area contributed by atoms with E-state index in [1.165, 1.54) is 29.2 Å². The molecule has 41 heavy (non-hydrogen) atoms. The highest BCUT2D eigenvalue weighted by atomic mass is 32.1. The van der Waals surface area contributed by atoms with Crippen LogP contribution in [0.2, 0.25) is 0 Å². The molecule has 0 radical (unpaired) electrons. The van der Waals surface area contributed by atoms with Crippen LogP contribution in [0, 0.1) is 5.82 Å². The van der Waals surface area contributed by atoms with Gasteiger partial charge in [-0.3, -0.25) is 14.5 Å². The molecule has 1 aliphatic rings. The zero-order chi connectivity index (χ0) is 29.5. The van der Waals surface area contributed by atoms with Crippen LogP contribution in [0.25, 0.3) is 0 Å². The molecule has 0 saturated carbocycles. The second kappa shape index (κ2) is 13.2. The van der Waals surface area contributed by atoms with Crippen molar-refractivity contribution in [2.24, 2.45) is 0 Å². The van der Waals surface area contributed by atoms with E-state index in [4.69, 9.17) is 26.4 Å². The predicted molar refractivity (Wildman–Crippen MR) is 156 cm³/mol. The first-order chi connectivity index (χ1) is 19.7. The lowest BCUT2D eigenvalue weighted by Gasteiger charge is -2.24. The van der Waals surface area contributed by atoms with Gasteiger partial charge in [-0.2, -0.15) is 0 Å². The molecule has 1 saturated heterocycles. The van der Waals surface area contributed by atoms with Crippen LogP contribution < -0.4 is 19.7 Å². The molecule has 1 N–H and O–H groups in total. The lowest BCUT2D eigenvalue weighted by molar-refractivity contribution is -0.124. The fourth-order valence-electron chi connectivity index (χ4n) is 4.49. The van der Waals surface area contributed by atoms with Crippen LogP contribution in [0.1, 0.15) is 29.3 Å². The molecular formula is C30H30FN3O6S. The number of nitrogens with one attached hydrogen (secondary N) is 1. The molecule has 214 valence electrons. The third-order valence-electron chi connectivity index (χ3n) is 6.55. The monoisotopic (exact) mass is 579 g/mol. The molecule has 4 rings (SSSR count). The highest BCUT2D eigenvalue weighted by Gasteiger charge is 2.44. The highest BCUT2D eigenvalue weighted by Crippen LogP contribution is 2.30. The lowest BCUT2D eigenvalue weighted by atomic mass is 10.1. The summed E-state index contributed by atoms with van der Waals surface area (Å²) < 4.78 is 29.3. The first kappa shape index (κ1) is 29.5. The van der Waals surface area contributed by atoms with E-state index in [2.05, 4.69) is 5.32 Å². The fraction of sp³-hybridized carbons (Fsp3) is 0.267. The smallest absolute Gasteiger partial charge is 0.338 e. The number of nitrogens with zero attached hydrogens (tertiary/aromatic N) is 2.